The normalized spacial score (nSPS) is 15.7. The lowest BCUT2D eigenvalue weighted by Crippen LogP contribution is -2.47. The number of aromatic nitrogens is 1. The van der Waals surface area contributed by atoms with E-state index in [-0.39, 0.29) is 22.2 Å². The summed E-state index contributed by atoms with van der Waals surface area (Å²) >= 11 is 0. The third-order valence-corrected chi connectivity index (χ3v) is 5.54. The van der Waals surface area contributed by atoms with Crippen molar-refractivity contribution in [3.63, 3.8) is 0 Å². The van der Waals surface area contributed by atoms with Crippen molar-refractivity contribution in [2.24, 2.45) is 0 Å². The quantitative estimate of drug-likeness (QED) is 0.870. The fraction of sp³-hybridized carbons (Fsp3) is 0.294. The number of benzene rings is 1. The third-order valence-electron chi connectivity index (χ3n) is 4.15. The number of nitrogens with one attached hydrogen (secondary N) is 1. The van der Waals surface area contributed by atoms with Crippen molar-refractivity contribution in [3.05, 3.63) is 54.1 Å². The summed E-state index contributed by atoms with van der Waals surface area (Å²) in [7, 11) is -1.89. The van der Waals surface area contributed by atoms with E-state index in [1.807, 2.05) is 7.05 Å². The highest BCUT2D eigenvalue weighted by molar-refractivity contribution is 7.92. The van der Waals surface area contributed by atoms with E-state index in [0.29, 0.717) is 13.1 Å². The number of carbonyl (C=O) groups excluding carboxylic acids is 1. The number of rotatable bonds is 4. The number of likely N-dealkylation sites (N-methyl/N-ethyl adjacent to an activating group) is 1. The van der Waals surface area contributed by atoms with Gasteiger partial charge in [0, 0.05) is 32.4 Å². The zero-order valence-electron chi connectivity index (χ0n) is 14.2. The van der Waals surface area contributed by atoms with Gasteiger partial charge >= 0.3 is 0 Å². The molecule has 0 saturated carbocycles. The van der Waals surface area contributed by atoms with E-state index in [9.17, 15) is 17.6 Å². The van der Waals surface area contributed by atoms with Crippen LogP contribution in [0.1, 0.15) is 10.5 Å². The smallest absolute Gasteiger partial charge is 0.272 e. The number of anilines is 1. The molecule has 2 heterocycles. The summed E-state index contributed by atoms with van der Waals surface area (Å²) in [4.78, 5) is 20.4. The summed E-state index contributed by atoms with van der Waals surface area (Å²) in [5.41, 5.74) is 0.399. The molecule has 1 aromatic carbocycles. The number of sulfonamides is 1. The molecule has 1 aliphatic heterocycles. The summed E-state index contributed by atoms with van der Waals surface area (Å²) in [6, 6.07) is 7.36. The van der Waals surface area contributed by atoms with Crippen LogP contribution in [0.3, 0.4) is 0 Å². The Morgan fingerprint density at radius 1 is 1.12 bits per heavy atom. The molecule has 138 valence electrons. The highest BCUT2D eigenvalue weighted by atomic mass is 32.2. The predicted octanol–water partition coefficient (Wildman–Crippen LogP) is 1.41. The number of piperazine rings is 1. The summed E-state index contributed by atoms with van der Waals surface area (Å²) in [5.74, 6) is -0.756. The topological polar surface area (TPSA) is 82.6 Å². The van der Waals surface area contributed by atoms with Crippen molar-refractivity contribution in [2.75, 3.05) is 37.9 Å². The van der Waals surface area contributed by atoms with Crippen LogP contribution in [0, 0.1) is 5.82 Å². The van der Waals surface area contributed by atoms with E-state index >= 15 is 0 Å². The molecule has 26 heavy (non-hydrogen) atoms. The molecular formula is C17H19FN4O3S. The molecule has 3 rings (SSSR count). The van der Waals surface area contributed by atoms with Gasteiger partial charge < -0.3 is 9.80 Å². The predicted molar refractivity (Wildman–Crippen MR) is 94.8 cm³/mol. The van der Waals surface area contributed by atoms with Gasteiger partial charge in [0.15, 0.2) is 0 Å². The van der Waals surface area contributed by atoms with Gasteiger partial charge in [0.05, 0.1) is 10.6 Å². The average Bonchev–Trinajstić information content (AvgIpc) is 2.62. The molecule has 1 aliphatic rings. The zero-order chi connectivity index (χ0) is 18.7. The van der Waals surface area contributed by atoms with Crippen LogP contribution >= 0.6 is 0 Å². The number of pyridine rings is 1. The van der Waals surface area contributed by atoms with E-state index < -0.39 is 15.8 Å². The first kappa shape index (κ1) is 18.3. The fourth-order valence-electron chi connectivity index (χ4n) is 2.61. The lowest BCUT2D eigenvalue weighted by atomic mass is 10.2. The molecule has 0 radical (unpaired) electrons. The Balaban J connectivity index is 1.77. The van der Waals surface area contributed by atoms with Crippen molar-refractivity contribution >= 4 is 21.6 Å². The van der Waals surface area contributed by atoms with Gasteiger partial charge in [0.1, 0.15) is 11.5 Å². The van der Waals surface area contributed by atoms with Crippen LogP contribution in [-0.2, 0) is 10.0 Å². The maximum atomic E-state index is 13.0. The second-order valence-corrected chi connectivity index (χ2v) is 7.77. The Kier molecular flexibility index (Phi) is 5.19. The monoisotopic (exact) mass is 378 g/mol. The van der Waals surface area contributed by atoms with Gasteiger partial charge in [-0.15, -0.1) is 0 Å². The van der Waals surface area contributed by atoms with Crippen LogP contribution in [0.15, 0.2) is 47.5 Å². The van der Waals surface area contributed by atoms with Crippen LogP contribution in [0.25, 0.3) is 0 Å². The highest BCUT2D eigenvalue weighted by Gasteiger charge is 2.22. The molecule has 0 unspecified atom stereocenters. The van der Waals surface area contributed by atoms with Crippen LogP contribution < -0.4 is 4.72 Å². The van der Waals surface area contributed by atoms with Gasteiger partial charge in [-0.05, 0) is 43.4 Å². The zero-order valence-corrected chi connectivity index (χ0v) is 15.0. The molecule has 0 atom stereocenters. The molecule has 0 aliphatic carbocycles. The van der Waals surface area contributed by atoms with E-state index in [2.05, 4.69) is 14.6 Å². The van der Waals surface area contributed by atoms with Gasteiger partial charge in [-0.25, -0.2) is 12.8 Å². The Labute approximate surface area is 151 Å². The molecule has 2 aromatic rings. The minimum Gasteiger partial charge on any atom is -0.335 e. The molecule has 1 aromatic heterocycles. The van der Waals surface area contributed by atoms with Crippen LogP contribution in [0.5, 0.6) is 0 Å². The second-order valence-electron chi connectivity index (χ2n) is 6.08. The number of nitrogens with zero attached hydrogens (tertiary/aromatic N) is 3. The summed E-state index contributed by atoms with van der Waals surface area (Å²) in [6.45, 7) is 2.76. The Morgan fingerprint density at radius 3 is 2.42 bits per heavy atom. The lowest BCUT2D eigenvalue weighted by Gasteiger charge is -2.32. The standard InChI is InChI=1S/C17H19FN4O3S/c1-21-8-10-22(11-9-21)17(23)16-12-14(6-7-19-16)20-26(24,25)15-4-2-13(18)3-5-15/h2-7,12H,8-11H2,1H3,(H,19,20). The van der Waals surface area contributed by atoms with Crippen molar-refractivity contribution in [1.29, 1.82) is 0 Å². The molecule has 0 bridgehead atoms. The Bertz CT molecular complexity index is 894. The van der Waals surface area contributed by atoms with Gasteiger partial charge in [-0.2, -0.15) is 0 Å². The number of carbonyl (C=O) groups is 1. The SMILES string of the molecule is CN1CCN(C(=O)c2cc(NS(=O)(=O)c3ccc(F)cc3)ccn2)CC1. The highest BCUT2D eigenvalue weighted by Crippen LogP contribution is 2.17. The van der Waals surface area contributed by atoms with Gasteiger partial charge in [-0.1, -0.05) is 0 Å². The van der Waals surface area contributed by atoms with E-state index in [4.69, 9.17) is 0 Å². The second kappa shape index (κ2) is 7.38. The molecule has 1 amide bonds. The minimum atomic E-state index is -3.88. The van der Waals surface area contributed by atoms with Crippen molar-refractivity contribution in [3.8, 4) is 0 Å². The number of halogens is 1. The largest absolute Gasteiger partial charge is 0.335 e. The fourth-order valence-corrected chi connectivity index (χ4v) is 3.66. The van der Waals surface area contributed by atoms with Gasteiger partial charge in [0.25, 0.3) is 15.9 Å². The average molecular weight is 378 g/mol. The molecule has 0 spiro atoms. The molecule has 9 heteroatoms. The summed E-state index contributed by atoms with van der Waals surface area (Å²) < 4.78 is 40.1. The van der Waals surface area contributed by atoms with Crippen LogP contribution in [0.2, 0.25) is 0 Å². The first-order valence-electron chi connectivity index (χ1n) is 8.07. The van der Waals surface area contributed by atoms with Crippen molar-refractivity contribution in [2.45, 2.75) is 4.90 Å². The molecule has 1 N–H and O–H groups in total. The van der Waals surface area contributed by atoms with E-state index in [1.54, 1.807) is 4.90 Å². The molecule has 1 saturated heterocycles. The van der Waals surface area contributed by atoms with Crippen molar-refractivity contribution in [1.82, 2.24) is 14.8 Å². The third kappa shape index (κ3) is 4.17. The number of hydrogen-bond donors (Lipinski definition) is 1. The van der Waals surface area contributed by atoms with Gasteiger partial charge in [0.2, 0.25) is 0 Å². The minimum absolute atomic E-state index is 0.0670. The number of amides is 1. The number of hydrogen-bond acceptors (Lipinski definition) is 5. The van der Waals surface area contributed by atoms with Crippen molar-refractivity contribution < 1.29 is 17.6 Å². The van der Waals surface area contributed by atoms with Gasteiger partial charge in [-0.3, -0.25) is 14.5 Å². The van der Waals surface area contributed by atoms with Crippen LogP contribution in [-0.4, -0.2) is 62.3 Å². The molecule has 1 fully saturated rings. The maximum Gasteiger partial charge on any atom is 0.272 e. The Hall–Kier alpha value is -2.52. The summed E-state index contributed by atoms with van der Waals surface area (Å²) in [6.07, 6.45) is 1.38. The Morgan fingerprint density at radius 2 is 1.77 bits per heavy atom. The molecular weight excluding hydrogens is 359 g/mol. The first-order chi connectivity index (χ1) is 12.3. The lowest BCUT2D eigenvalue weighted by molar-refractivity contribution is 0.0658. The van der Waals surface area contributed by atoms with E-state index in [1.165, 1.54) is 30.5 Å². The van der Waals surface area contributed by atoms with Crippen LogP contribution in [0.4, 0.5) is 10.1 Å². The molecule has 7 nitrogen and oxygen atoms in total. The summed E-state index contributed by atoms with van der Waals surface area (Å²) in [5, 5.41) is 0. The maximum absolute atomic E-state index is 13.0. The first-order valence-corrected chi connectivity index (χ1v) is 9.56. The van der Waals surface area contributed by atoms with E-state index in [0.717, 1.165) is 25.2 Å².